The monoisotopic (exact) mass is 225 g/mol. The number of benzene rings is 2. The lowest BCUT2D eigenvalue weighted by Gasteiger charge is -1.86. The second-order valence-electron chi connectivity index (χ2n) is 3.32. The number of nitrogen functional groups attached to an aromatic ring is 1. The minimum absolute atomic E-state index is 0.771. The number of hydrogen-bond acceptors (Lipinski definition) is 2. The molecule has 0 radical (unpaired) electrons. The molecule has 0 aliphatic rings. The van der Waals surface area contributed by atoms with Crippen LogP contribution < -0.4 is 5.73 Å². The van der Waals surface area contributed by atoms with Gasteiger partial charge in [0.05, 0.1) is 0 Å². The Morgan fingerprint density at radius 3 is 1.76 bits per heavy atom. The Balaban J connectivity index is 0.000000181. The summed E-state index contributed by atoms with van der Waals surface area (Å²) in [5.74, 6) is 0. The largest absolute Gasteiger partial charge is 0.399 e. The molecular weight excluding hydrogens is 210 g/mol. The van der Waals surface area contributed by atoms with Crippen LogP contribution in [0, 0.1) is 0 Å². The van der Waals surface area contributed by atoms with E-state index in [1.807, 2.05) is 60.7 Å². The molecule has 2 nitrogen and oxygen atoms in total. The smallest absolute Gasteiger partial charge is 0.142 e. The van der Waals surface area contributed by atoms with Gasteiger partial charge in [-0.05, 0) is 23.8 Å². The maximum atomic E-state index is 9.89. The van der Waals surface area contributed by atoms with E-state index in [0.717, 1.165) is 17.5 Å². The maximum absolute atomic E-state index is 9.89. The lowest BCUT2D eigenvalue weighted by atomic mass is 10.2. The zero-order valence-corrected chi connectivity index (χ0v) is 9.49. The van der Waals surface area contributed by atoms with Gasteiger partial charge in [0.25, 0.3) is 0 Å². The first kappa shape index (κ1) is 12.7. The maximum Gasteiger partial charge on any atom is 0.142 e. The molecule has 0 heterocycles. The molecule has 0 amide bonds. The Labute approximate surface area is 101 Å². The fourth-order valence-electron chi connectivity index (χ4n) is 1.17. The van der Waals surface area contributed by atoms with Crippen LogP contribution in [0.25, 0.3) is 6.08 Å². The summed E-state index contributed by atoms with van der Waals surface area (Å²) in [6.45, 7) is 0. The molecule has 0 bridgehead atoms. The number of anilines is 1. The molecule has 0 aliphatic heterocycles. The molecule has 2 N–H and O–H groups in total. The zero-order valence-electron chi connectivity index (χ0n) is 9.49. The highest BCUT2D eigenvalue weighted by atomic mass is 16.1. The lowest BCUT2D eigenvalue weighted by Crippen LogP contribution is -1.79. The number of para-hydroxylation sites is 1. The van der Waals surface area contributed by atoms with Gasteiger partial charge in [-0.25, -0.2) is 0 Å². The van der Waals surface area contributed by atoms with E-state index < -0.39 is 0 Å². The van der Waals surface area contributed by atoms with E-state index in [2.05, 4.69) is 0 Å². The fraction of sp³-hybridized carbons (Fsp3) is 0. The van der Waals surface area contributed by atoms with Crippen LogP contribution in [0.15, 0.2) is 66.7 Å². The van der Waals surface area contributed by atoms with Gasteiger partial charge in [0, 0.05) is 5.69 Å². The minimum Gasteiger partial charge on any atom is -0.399 e. The highest BCUT2D eigenvalue weighted by molar-refractivity contribution is 5.73. The third-order valence-electron chi connectivity index (χ3n) is 1.97. The minimum atomic E-state index is 0.771. The Hall–Kier alpha value is -2.35. The molecule has 2 rings (SSSR count). The average molecular weight is 225 g/mol. The predicted molar refractivity (Wildman–Crippen MR) is 72.4 cm³/mol. The number of hydrogen-bond donors (Lipinski definition) is 1. The van der Waals surface area contributed by atoms with Crippen LogP contribution in [0.2, 0.25) is 0 Å². The number of carbonyl (C=O) groups is 1. The Bertz CT molecular complexity index is 449. The summed E-state index contributed by atoms with van der Waals surface area (Å²) in [6, 6.07) is 19.2. The van der Waals surface area contributed by atoms with Crippen molar-refractivity contribution in [2.75, 3.05) is 5.73 Å². The third kappa shape index (κ3) is 5.95. The van der Waals surface area contributed by atoms with E-state index in [0.29, 0.717) is 0 Å². The second-order valence-corrected chi connectivity index (χ2v) is 3.32. The van der Waals surface area contributed by atoms with E-state index in [9.17, 15) is 4.79 Å². The standard InChI is InChI=1S/C9H8O.C6H7N/c10-8-4-7-9-5-2-1-3-6-9;7-6-4-2-1-3-5-6/h1-8H;1-5H,7H2. The summed E-state index contributed by atoms with van der Waals surface area (Å²) < 4.78 is 0. The molecule has 0 aliphatic carbocycles. The number of rotatable bonds is 2. The van der Waals surface area contributed by atoms with Crippen molar-refractivity contribution >= 4 is 18.0 Å². The summed E-state index contributed by atoms with van der Waals surface area (Å²) >= 11 is 0. The highest BCUT2D eigenvalue weighted by Gasteiger charge is 1.79. The summed E-state index contributed by atoms with van der Waals surface area (Å²) in [6.07, 6.45) is 4.02. The van der Waals surface area contributed by atoms with Gasteiger partial charge in [-0.2, -0.15) is 0 Å². The molecule has 0 aromatic heterocycles. The van der Waals surface area contributed by atoms with E-state index in [-0.39, 0.29) is 0 Å². The van der Waals surface area contributed by atoms with Crippen LogP contribution in [-0.4, -0.2) is 6.29 Å². The fourth-order valence-corrected chi connectivity index (χ4v) is 1.17. The number of carbonyl (C=O) groups excluding carboxylic acids is 1. The van der Waals surface area contributed by atoms with Gasteiger partial charge in [-0.3, -0.25) is 4.79 Å². The van der Waals surface area contributed by atoms with Gasteiger partial charge < -0.3 is 5.73 Å². The Morgan fingerprint density at radius 2 is 1.35 bits per heavy atom. The van der Waals surface area contributed by atoms with Gasteiger partial charge in [0.15, 0.2) is 0 Å². The van der Waals surface area contributed by atoms with Crippen LogP contribution >= 0.6 is 0 Å². The van der Waals surface area contributed by atoms with Gasteiger partial charge in [-0.15, -0.1) is 0 Å². The highest BCUT2D eigenvalue weighted by Crippen LogP contribution is 1.99. The lowest BCUT2D eigenvalue weighted by molar-refractivity contribution is -0.104. The normalized spacial score (nSPS) is 9.41. The first-order valence-electron chi connectivity index (χ1n) is 5.30. The van der Waals surface area contributed by atoms with Crippen molar-refractivity contribution in [3.63, 3.8) is 0 Å². The van der Waals surface area contributed by atoms with Crippen molar-refractivity contribution in [2.24, 2.45) is 0 Å². The van der Waals surface area contributed by atoms with Gasteiger partial charge in [0.1, 0.15) is 6.29 Å². The van der Waals surface area contributed by atoms with Crippen molar-refractivity contribution in [1.82, 2.24) is 0 Å². The second kappa shape index (κ2) is 7.88. The molecular formula is C15H15NO. The summed E-state index contributed by atoms with van der Waals surface area (Å²) in [5, 5.41) is 0. The molecule has 2 aromatic rings. The quantitative estimate of drug-likeness (QED) is 0.484. The van der Waals surface area contributed by atoms with Gasteiger partial charge in [0.2, 0.25) is 0 Å². The number of allylic oxidation sites excluding steroid dienone is 1. The molecule has 86 valence electrons. The molecule has 2 heteroatoms. The van der Waals surface area contributed by atoms with Crippen LogP contribution in [0.4, 0.5) is 5.69 Å². The molecule has 17 heavy (non-hydrogen) atoms. The van der Waals surface area contributed by atoms with Gasteiger partial charge >= 0.3 is 0 Å². The topological polar surface area (TPSA) is 43.1 Å². The van der Waals surface area contributed by atoms with E-state index in [1.54, 1.807) is 6.08 Å². The van der Waals surface area contributed by atoms with Crippen molar-refractivity contribution in [2.45, 2.75) is 0 Å². The number of aldehydes is 1. The van der Waals surface area contributed by atoms with Crippen LogP contribution in [-0.2, 0) is 4.79 Å². The SMILES string of the molecule is Nc1ccccc1.O=CC=Cc1ccccc1. The zero-order chi connectivity index (χ0) is 12.3. The summed E-state index contributed by atoms with van der Waals surface area (Å²) in [5.41, 5.74) is 7.23. The molecule has 0 saturated carbocycles. The average Bonchev–Trinajstić information content (AvgIpc) is 2.39. The van der Waals surface area contributed by atoms with E-state index in [1.165, 1.54) is 6.08 Å². The summed E-state index contributed by atoms with van der Waals surface area (Å²) in [4.78, 5) is 9.89. The Kier molecular flexibility index (Phi) is 5.89. The van der Waals surface area contributed by atoms with E-state index in [4.69, 9.17) is 5.73 Å². The molecule has 0 unspecified atom stereocenters. The summed E-state index contributed by atoms with van der Waals surface area (Å²) in [7, 11) is 0. The van der Waals surface area contributed by atoms with Crippen molar-refractivity contribution in [1.29, 1.82) is 0 Å². The van der Waals surface area contributed by atoms with Crippen LogP contribution in [0.3, 0.4) is 0 Å². The first-order chi connectivity index (χ1) is 8.33. The molecule has 0 fully saturated rings. The molecule has 0 atom stereocenters. The first-order valence-corrected chi connectivity index (χ1v) is 5.30. The van der Waals surface area contributed by atoms with Crippen LogP contribution in [0.1, 0.15) is 5.56 Å². The third-order valence-corrected chi connectivity index (χ3v) is 1.97. The molecule has 0 spiro atoms. The Morgan fingerprint density at radius 1 is 0.824 bits per heavy atom. The predicted octanol–water partition coefficient (Wildman–Crippen LogP) is 3.17. The number of nitrogens with two attached hydrogens (primary N) is 1. The van der Waals surface area contributed by atoms with Gasteiger partial charge in [-0.1, -0.05) is 54.6 Å². The van der Waals surface area contributed by atoms with E-state index >= 15 is 0 Å². The molecule has 0 saturated heterocycles. The van der Waals surface area contributed by atoms with Crippen molar-refractivity contribution in [3.05, 3.63) is 72.3 Å². The van der Waals surface area contributed by atoms with Crippen LogP contribution in [0.5, 0.6) is 0 Å². The molecule has 2 aromatic carbocycles. The van der Waals surface area contributed by atoms with Crippen molar-refractivity contribution < 1.29 is 4.79 Å². The van der Waals surface area contributed by atoms with Crippen molar-refractivity contribution in [3.8, 4) is 0 Å².